The molecular weight excluding hydrogens is 466 g/mol. The maximum absolute atomic E-state index is 11.8. The van der Waals surface area contributed by atoms with Crippen molar-refractivity contribution >= 4 is 15.9 Å². The van der Waals surface area contributed by atoms with E-state index in [-0.39, 0.29) is 24.2 Å². The van der Waals surface area contributed by atoms with E-state index in [2.05, 4.69) is 11.6 Å². The number of allylic oxidation sites excluding steroid dienone is 3. The summed E-state index contributed by atoms with van der Waals surface area (Å²) in [6.45, 7) is 4.15. The summed E-state index contributed by atoms with van der Waals surface area (Å²) in [6.07, 6.45) is 9.40. The molecule has 4 rings (SSSR count). The molecule has 0 radical (unpaired) electrons. The summed E-state index contributed by atoms with van der Waals surface area (Å²) in [4.78, 5) is 15.7. The fraction of sp³-hybridized carbons (Fsp3) is 0.269. The van der Waals surface area contributed by atoms with E-state index in [1.165, 1.54) is 6.20 Å². The number of rotatable bonds is 5. The molecule has 2 heterocycles. The summed E-state index contributed by atoms with van der Waals surface area (Å²) >= 11 is 0. The van der Waals surface area contributed by atoms with Gasteiger partial charge in [-0.1, -0.05) is 30.9 Å². The first kappa shape index (κ1) is 24.2. The highest BCUT2D eigenvalue weighted by Crippen LogP contribution is 2.28. The zero-order valence-electron chi connectivity index (χ0n) is 19.0. The van der Waals surface area contributed by atoms with Gasteiger partial charge < -0.3 is 9.47 Å². The topological polar surface area (TPSA) is 118 Å². The Balaban J connectivity index is 1.36. The highest BCUT2D eigenvalue weighted by Gasteiger charge is 2.30. The number of carbonyl (C=O) groups is 1. The first-order valence-electron chi connectivity index (χ1n) is 11.2. The van der Waals surface area contributed by atoms with Crippen molar-refractivity contribution in [1.29, 1.82) is 5.26 Å². The lowest BCUT2D eigenvalue weighted by molar-refractivity contribution is -0.119. The van der Waals surface area contributed by atoms with Crippen LogP contribution in [0.4, 0.5) is 0 Å². The minimum atomic E-state index is -3.58. The molecule has 1 aromatic heterocycles. The van der Waals surface area contributed by atoms with E-state index in [1.807, 2.05) is 53.3 Å². The maximum atomic E-state index is 11.8. The first-order valence-corrected chi connectivity index (χ1v) is 12.9. The lowest BCUT2D eigenvalue weighted by Crippen LogP contribution is -2.40. The van der Waals surface area contributed by atoms with E-state index < -0.39 is 15.9 Å². The summed E-state index contributed by atoms with van der Waals surface area (Å²) < 4.78 is 37.8. The van der Waals surface area contributed by atoms with Crippen molar-refractivity contribution in [2.75, 3.05) is 5.75 Å². The molecule has 1 fully saturated rings. The Hall–Kier alpha value is -3.90. The van der Waals surface area contributed by atoms with Gasteiger partial charge in [0.2, 0.25) is 15.9 Å². The van der Waals surface area contributed by atoms with Gasteiger partial charge >= 0.3 is 0 Å². The molecule has 0 spiro atoms. The Bertz CT molecular complexity index is 1310. The highest BCUT2D eigenvalue weighted by molar-refractivity contribution is 7.90. The molecule has 1 aliphatic heterocycles. The van der Waals surface area contributed by atoms with E-state index in [9.17, 15) is 13.2 Å². The Labute approximate surface area is 204 Å². The molecule has 35 heavy (non-hydrogen) atoms. The molecular formula is C26H25N3O5S. The number of nitrogens with zero attached hydrogens (tertiary/aromatic N) is 2. The third-order valence-electron chi connectivity index (χ3n) is 5.75. The van der Waals surface area contributed by atoms with Crippen molar-refractivity contribution in [1.82, 2.24) is 9.71 Å². The van der Waals surface area contributed by atoms with E-state index in [1.54, 1.807) is 12.1 Å². The molecule has 1 N–H and O–H groups in total. The summed E-state index contributed by atoms with van der Waals surface area (Å²) in [5.41, 5.74) is 1.94. The van der Waals surface area contributed by atoms with Crippen LogP contribution in [0.1, 0.15) is 42.9 Å². The first-order chi connectivity index (χ1) is 16.8. The second-order valence-electron chi connectivity index (χ2n) is 8.45. The van der Waals surface area contributed by atoms with Crippen LogP contribution in [0, 0.1) is 11.3 Å². The van der Waals surface area contributed by atoms with E-state index >= 15 is 0 Å². The minimum Gasteiger partial charge on any atom is -0.490 e. The smallest absolute Gasteiger partial charge is 0.235 e. The second kappa shape index (κ2) is 10.6. The third kappa shape index (κ3) is 6.58. The fourth-order valence-electron chi connectivity index (χ4n) is 3.96. The van der Waals surface area contributed by atoms with Crippen molar-refractivity contribution in [2.24, 2.45) is 0 Å². The number of hydrogen-bond donors (Lipinski definition) is 1. The lowest BCUT2D eigenvalue weighted by atomic mass is 9.97. The van der Waals surface area contributed by atoms with Gasteiger partial charge in [0.05, 0.1) is 11.9 Å². The minimum absolute atomic E-state index is 0.0842. The van der Waals surface area contributed by atoms with Gasteiger partial charge in [0.15, 0.2) is 0 Å². The Morgan fingerprint density at radius 1 is 1.14 bits per heavy atom. The Morgan fingerprint density at radius 2 is 1.91 bits per heavy atom. The molecule has 9 heteroatoms. The van der Waals surface area contributed by atoms with Crippen LogP contribution >= 0.6 is 0 Å². The van der Waals surface area contributed by atoms with Gasteiger partial charge in [0.25, 0.3) is 0 Å². The van der Waals surface area contributed by atoms with Gasteiger partial charge in [0, 0.05) is 18.8 Å². The summed E-state index contributed by atoms with van der Waals surface area (Å²) in [6, 6.07) is 12.5. The number of nitriles is 1. The molecule has 0 bridgehead atoms. The zero-order chi connectivity index (χ0) is 24.8. The van der Waals surface area contributed by atoms with Crippen LogP contribution in [-0.4, -0.2) is 31.2 Å². The van der Waals surface area contributed by atoms with E-state index in [4.69, 9.17) is 14.7 Å². The summed E-state index contributed by atoms with van der Waals surface area (Å²) in [7, 11) is -3.58. The molecule has 1 aromatic carbocycles. The normalized spacial score (nSPS) is 22.9. The van der Waals surface area contributed by atoms with Gasteiger partial charge in [-0.2, -0.15) is 5.26 Å². The second-order valence-corrected chi connectivity index (χ2v) is 10.2. The van der Waals surface area contributed by atoms with Crippen LogP contribution in [0.3, 0.4) is 0 Å². The van der Waals surface area contributed by atoms with Crippen molar-refractivity contribution < 1.29 is 22.7 Å². The molecule has 0 saturated carbocycles. The largest absolute Gasteiger partial charge is 0.490 e. The molecule has 1 amide bonds. The van der Waals surface area contributed by atoms with Crippen molar-refractivity contribution in [2.45, 2.75) is 37.7 Å². The molecule has 2 aromatic rings. The molecule has 1 unspecified atom stereocenters. The van der Waals surface area contributed by atoms with Crippen molar-refractivity contribution in [3.8, 4) is 17.6 Å². The molecule has 180 valence electrons. The maximum Gasteiger partial charge on any atom is 0.235 e. The molecule has 2 atom stereocenters. The zero-order valence-corrected chi connectivity index (χ0v) is 19.8. The van der Waals surface area contributed by atoms with Crippen LogP contribution in [0.2, 0.25) is 0 Å². The number of aromatic nitrogens is 1. The average Bonchev–Trinajstić information content (AvgIpc) is 2.91. The quantitative estimate of drug-likeness (QED) is 0.674. The summed E-state index contributed by atoms with van der Waals surface area (Å²) in [5, 5.41) is 8.89. The third-order valence-corrected chi connectivity index (χ3v) is 7.13. The van der Waals surface area contributed by atoms with Gasteiger partial charge in [0.1, 0.15) is 35.1 Å². The highest BCUT2D eigenvalue weighted by atomic mass is 32.2. The standard InChI is InChI=1S/C26H25N3O5S/c1-18-6-10-22(4-2-3-5-25(18)34-24-13-9-21(15-27)28-16-24)33-23-11-7-19(8-12-23)20-14-26(30)29-35(31,32)17-20/h2-3,5,7-9,11-13,16,20,22H,1,4,6,10,14,17H2,(H,29,30)/b3-2-,25-5?/t20?,22-/m0/s1. The number of pyridine rings is 1. The number of hydrogen-bond acceptors (Lipinski definition) is 7. The van der Waals surface area contributed by atoms with Crippen LogP contribution < -0.4 is 14.2 Å². The predicted molar refractivity (Wildman–Crippen MR) is 130 cm³/mol. The Kier molecular flexibility index (Phi) is 7.32. The van der Waals surface area contributed by atoms with E-state index in [0.717, 1.165) is 17.6 Å². The lowest BCUT2D eigenvalue weighted by Gasteiger charge is -2.23. The number of sulfonamides is 1. The number of ether oxygens (including phenoxy) is 2. The van der Waals surface area contributed by atoms with Crippen LogP contribution in [-0.2, 0) is 14.8 Å². The fourth-order valence-corrected chi connectivity index (χ4v) is 5.31. The van der Waals surface area contributed by atoms with Crippen LogP contribution in [0.25, 0.3) is 0 Å². The monoisotopic (exact) mass is 491 g/mol. The summed E-state index contributed by atoms with van der Waals surface area (Å²) in [5.74, 6) is 0.878. The van der Waals surface area contributed by atoms with E-state index in [0.29, 0.717) is 35.8 Å². The molecule has 8 nitrogen and oxygen atoms in total. The van der Waals surface area contributed by atoms with Gasteiger partial charge in [-0.3, -0.25) is 9.52 Å². The average molecular weight is 492 g/mol. The van der Waals surface area contributed by atoms with Crippen LogP contribution in [0.15, 0.2) is 78.7 Å². The predicted octanol–water partition coefficient (Wildman–Crippen LogP) is 3.89. The number of amides is 1. The number of carbonyl (C=O) groups excluding carboxylic acids is 1. The Morgan fingerprint density at radius 3 is 2.60 bits per heavy atom. The van der Waals surface area contributed by atoms with Gasteiger partial charge in [-0.05, 0) is 54.3 Å². The molecule has 1 saturated heterocycles. The molecule has 2 aliphatic rings. The SMILES string of the molecule is C=C1CC[C@@H](Oc2ccc(C3CC(=O)NS(=O)(=O)C3)cc2)C/C=C\C=C1Oc1ccc(C#N)nc1. The van der Waals surface area contributed by atoms with Crippen molar-refractivity contribution in [3.05, 3.63) is 90.0 Å². The molecule has 1 aliphatic carbocycles. The van der Waals surface area contributed by atoms with Crippen molar-refractivity contribution in [3.63, 3.8) is 0 Å². The van der Waals surface area contributed by atoms with Gasteiger partial charge in [-0.25, -0.2) is 13.4 Å². The number of benzene rings is 1. The van der Waals surface area contributed by atoms with Gasteiger partial charge in [-0.15, -0.1) is 0 Å². The number of nitrogens with one attached hydrogen (secondary N) is 1. The van der Waals surface area contributed by atoms with Crippen LogP contribution in [0.5, 0.6) is 11.5 Å².